The average Bonchev–Trinajstić information content (AvgIpc) is 2.32. The second-order valence-corrected chi connectivity index (χ2v) is 5.49. The summed E-state index contributed by atoms with van der Waals surface area (Å²) >= 11 is 0. The molecular formula is C16H32N2. The van der Waals surface area contributed by atoms with Crippen molar-refractivity contribution < 1.29 is 0 Å². The van der Waals surface area contributed by atoms with Crippen molar-refractivity contribution in [3.63, 3.8) is 0 Å². The van der Waals surface area contributed by atoms with E-state index >= 15 is 0 Å². The van der Waals surface area contributed by atoms with Gasteiger partial charge in [-0.05, 0) is 51.4 Å². The maximum atomic E-state index is 5.37. The highest BCUT2D eigenvalue weighted by Gasteiger charge is 2.01. The van der Waals surface area contributed by atoms with E-state index in [2.05, 4.69) is 36.9 Å². The Morgan fingerprint density at radius 3 is 2.44 bits per heavy atom. The van der Waals surface area contributed by atoms with Crippen molar-refractivity contribution in [1.82, 2.24) is 10.2 Å². The molecule has 106 valence electrons. The fraction of sp³-hybridized carbons (Fsp3) is 0.875. The van der Waals surface area contributed by atoms with E-state index in [9.17, 15) is 0 Å². The number of rotatable bonds is 12. The van der Waals surface area contributed by atoms with Gasteiger partial charge in [0.2, 0.25) is 0 Å². The van der Waals surface area contributed by atoms with E-state index in [1.165, 1.54) is 38.6 Å². The SMILES string of the molecule is C#CCN(CCC)CCCCCCNCC(C)C. The maximum absolute atomic E-state index is 5.37. The Morgan fingerprint density at radius 2 is 1.83 bits per heavy atom. The molecule has 0 rings (SSSR count). The van der Waals surface area contributed by atoms with Crippen LogP contribution in [0.3, 0.4) is 0 Å². The molecule has 0 spiro atoms. The van der Waals surface area contributed by atoms with Gasteiger partial charge in [0.05, 0.1) is 6.54 Å². The van der Waals surface area contributed by atoms with E-state index in [1.807, 2.05) is 0 Å². The summed E-state index contributed by atoms with van der Waals surface area (Å²) in [5.74, 6) is 3.51. The molecule has 0 saturated heterocycles. The van der Waals surface area contributed by atoms with Gasteiger partial charge >= 0.3 is 0 Å². The lowest BCUT2D eigenvalue weighted by Crippen LogP contribution is -2.26. The van der Waals surface area contributed by atoms with Crippen molar-refractivity contribution in [1.29, 1.82) is 0 Å². The molecular weight excluding hydrogens is 220 g/mol. The standard InChI is InChI=1S/C16H32N2/c1-5-12-18(13-6-2)14-10-8-7-9-11-17-15-16(3)4/h1,16-17H,6-15H2,2-4H3. The minimum Gasteiger partial charge on any atom is -0.316 e. The third-order valence-electron chi connectivity index (χ3n) is 2.99. The molecule has 2 heteroatoms. The van der Waals surface area contributed by atoms with E-state index in [-0.39, 0.29) is 0 Å². The van der Waals surface area contributed by atoms with Crippen LogP contribution in [-0.2, 0) is 0 Å². The molecule has 0 aliphatic carbocycles. The van der Waals surface area contributed by atoms with Crippen molar-refractivity contribution >= 4 is 0 Å². The summed E-state index contributed by atoms with van der Waals surface area (Å²) in [6.07, 6.45) is 11.8. The van der Waals surface area contributed by atoms with E-state index in [0.717, 1.165) is 32.1 Å². The minimum absolute atomic E-state index is 0.761. The van der Waals surface area contributed by atoms with Gasteiger partial charge in [-0.2, -0.15) is 0 Å². The molecule has 0 aromatic heterocycles. The van der Waals surface area contributed by atoms with Gasteiger partial charge in [0.15, 0.2) is 0 Å². The van der Waals surface area contributed by atoms with Crippen molar-refractivity contribution in [3.05, 3.63) is 0 Å². The minimum atomic E-state index is 0.761. The molecule has 0 atom stereocenters. The summed E-state index contributed by atoms with van der Waals surface area (Å²) in [4.78, 5) is 2.39. The van der Waals surface area contributed by atoms with Gasteiger partial charge in [0.1, 0.15) is 0 Å². The zero-order valence-electron chi connectivity index (χ0n) is 12.7. The Kier molecular flexibility index (Phi) is 12.6. The Labute approximate surface area is 115 Å². The normalized spacial score (nSPS) is 11.1. The summed E-state index contributed by atoms with van der Waals surface area (Å²) in [6, 6.07) is 0. The average molecular weight is 252 g/mol. The van der Waals surface area contributed by atoms with E-state index < -0.39 is 0 Å². The Balaban J connectivity index is 3.30. The summed E-state index contributed by atoms with van der Waals surface area (Å²) in [5.41, 5.74) is 0. The summed E-state index contributed by atoms with van der Waals surface area (Å²) in [5, 5.41) is 3.49. The molecule has 0 aliphatic rings. The number of terminal acetylenes is 1. The second-order valence-electron chi connectivity index (χ2n) is 5.49. The van der Waals surface area contributed by atoms with E-state index in [0.29, 0.717) is 0 Å². The van der Waals surface area contributed by atoms with Crippen molar-refractivity contribution in [2.45, 2.75) is 52.9 Å². The summed E-state index contributed by atoms with van der Waals surface area (Å²) in [7, 11) is 0. The molecule has 0 amide bonds. The first-order valence-electron chi connectivity index (χ1n) is 7.57. The number of nitrogens with zero attached hydrogens (tertiary/aromatic N) is 1. The molecule has 2 nitrogen and oxygen atoms in total. The molecule has 0 unspecified atom stereocenters. The molecule has 0 aliphatic heterocycles. The lowest BCUT2D eigenvalue weighted by molar-refractivity contribution is 0.299. The molecule has 0 aromatic rings. The van der Waals surface area contributed by atoms with Crippen LogP contribution in [0.4, 0.5) is 0 Å². The molecule has 0 saturated carbocycles. The van der Waals surface area contributed by atoms with Crippen LogP contribution in [0.15, 0.2) is 0 Å². The number of nitrogens with one attached hydrogen (secondary N) is 1. The third-order valence-corrected chi connectivity index (χ3v) is 2.99. The van der Waals surface area contributed by atoms with Crippen LogP contribution in [0, 0.1) is 18.3 Å². The lowest BCUT2D eigenvalue weighted by Gasteiger charge is -2.18. The van der Waals surface area contributed by atoms with Gasteiger partial charge in [-0.25, -0.2) is 0 Å². The first-order chi connectivity index (χ1) is 8.70. The summed E-state index contributed by atoms with van der Waals surface area (Å²) in [6.45, 7) is 12.1. The quantitative estimate of drug-likeness (QED) is 0.424. The number of hydrogen-bond donors (Lipinski definition) is 1. The zero-order valence-corrected chi connectivity index (χ0v) is 12.7. The highest BCUT2D eigenvalue weighted by molar-refractivity contribution is 4.87. The van der Waals surface area contributed by atoms with Crippen molar-refractivity contribution in [3.8, 4) is 12.3 Å². The molecule has 0 fully saturated rings. The van der Waals surface area contributed by atoms with Gasteiger partial charge in [-0.1, -0.05) is 39.5 Å². The predicted molar refractivity (Wildman–Crippen MR) is 81.7 cm³/mol. The Hall–Kier alpha value is -0.520. The molecule has 1 N–H and O–H groups in total. The van der Waals surface area contributed by atoms with Crippen LogP contribution < -0.4 is 5.32 Å². The first-order valence-corrected chi connectivity index (χ1v) is 7.57. The van der Waals surface area contributed by atoms with Crippen LogP contribution >= 0.6 is 0 Å². The van der Waals surface area contributed by atoms with Crippen molar-refractivity contribution in [2.24, 2.45) is 5.92 Å². The van der Waals surface area contributed by atoms with Crippen LogP contribution in [-0.4, -0.2) is 37.6 Å². The largest absolute Gasteiger partial charge is 0.316 e. The lowest BCUT2D eigenvalue weighted by atomic mass is 10.1. The van der Waals surface area contributed by atoms with E-state index in [4.69, 9.17) is 6.42 Å². The fourth-order valence-corrected chi connectivity index (χ4v) is 2.04. The molecule has 0 radical (unpaired) electrons. The van der Waals surface area contributed by atoms with Gasteiger partial charge in [-0.15, -0.1) is 6.42 Å². The Morgan fingerprint density at radius 1 is 1.11 bits per heavy atom. The molecule has 0 aromatic carbocycles. The van der Waals surface area contributed by atoms with E-state index in [1.54, 1.807) is 0 Å². The first kappa shape index (κ1) is 17.5. The van der Waals surface area contributed by atoms with Crippen LogP contribution in [0.25, 0.3) is 0 Å². The number of unbranched alkanes of at least 4 members (excludes halogenated alkanes) is 3. The number of hydrogen-bond acceptors (Lipinski definition) is 2. The fourth-order valence-electron chi connectivity index (χ4n) is 2.04. The molecule has 0 heterocycles. The highest BCUT2D eigenvalue weighted by Crippen LogP contribution is 2.02. The smallest absolute Gasteiger partial charge is 0.0598 e. The van der Waals surface area contributed by atoms with Gasteiger partial charge < -0.3 is 5.32 Å². The molecule has 0 bridgehead atoms. The maximum Gasteiger partial charge on any atom is 0.0598 e. The van der Waals surface area contributed by atoms with Crippen LogP contribution in [0.1, 0.15) is 52.9 Å². The topological polar surface area (TPSA) is 15.3 Å². The second kappa shape index (κ2) is 12.9. The van der Waals surface area contributed by atoms with Gasteiger partial charge in [0, 0.05) is 0 Å². The van der Waals surface area contributed by atoms with Crippen LogP contribution in [0.5, 0.6) is 0 Å². The van der Waals surface area contributed by atoms with Crippen molar-refractivity contribution in [2.75, 3.05) is 32.7 Å². The zero-order chi connectivity index (χ0) is 13.6. The Bertz CT molecular complexity index is 206. The van der Waals surface area contributed by atoms with Crippen LogP contribution in [0.2, 0.25) is 0 Å². The monoisotopic (exact) mass is 252 g/mol. The molecule has 18 heavy (non-hydrogen) atoms. The third kappa shape index (κ3) is 12.0. The highest BCUT2D eigenvalue weighted by atomic mass is 15.1. The van der Waals surface area contributed by atoms with Gasteiger partial charge in [-0.3, -0.25) is 4.90 Å². The van der Waals surface area contributed by atoms with Gasteiger partial charge in [0.25, 0.3) is 0 Å². The predicted octanol–water partition coefficient (Wildman–Crippen LogP) is 3.14. The summed E-state index contributed by atoms with van der Waals surface area (Å²) < 4.78 is 0.